The molecule has 0 fully saturated rings. The number of hydrogen-bond acceptors (Lipinski definition) is 5. The molecule has 0 saturated carbocycles. The first kappa shape index (κ1) is 12.3. The smallest absolute Gasteiger partial charge is 0.356 e. The fraction of sp³-hybridized carbons (Fsp3) is 0.250. The van der Waals surface area contributed by atoms with Crippen LogP contribution >= 0.6 is 0 Å². The summed E-state index contributed by atoms with van der Waals surface area (Å²) in [5, 5.41) is 13.8. The molecule has 2 rings (SSSR count). The molecular weight excluding hydrogens is 234 g/mol. The molecule has 0 spiro atoms. The predicted molar refractivity (Wildman–Crippen MR) is 63.3 cm³/mol. The molecule has 18 heavy (non-hydrogen) atoms. The van der Waals surface area contributed by atoms with Crippen molar-refractivity contribution in [3.05, 3.63) is 42.0 Å². The van der Waals surface area contributed by atoms with E-state index in [1.54, 1.807) is 36.1 Å². The van der Waals surface area contributed by atoms with Gasteiger partial charge in [-0.05, 0) is 25.1 Å². The van der Waals surface area contributed by atoms with Crippen LogP contribution in [0, 0.1) is 0 Å². The topological polar surface area (TPSA) is 77.2 Å². The van der Waals surface area contributed by atoms with E-state index in [-0.39, 0.29) is 5.69 Å². The van der Waals surface area contributed by atoms with Gasteiger partial charge in [0.2, 0.25) is 0 Å². The van der Waals surface area contributed by atoms with Crippen LogP contribution in [0.5, 0.6) is 0 Å². The molecule has 0 radical (unpaired) electrons. The number of carbonyl (C=O) groups excluding carboxylic acids is 1. The fourth-order valence-corrected chi connectivity index (χ4v) is 1.60. The van der Waals surface area contributed by atoms with Gasteiger partial charge < -0.3 is 9.84 Å². The van der Waals surface area contributed by atoms with E-state index < -0.39 is 12.1 Å². The second-order valence-electron chi connectivity index (χ2n) is 3.72. The average molecular weight is 247 g/mol. The van der Waals surface area contributed by atoms with Crippen molar-refractivity contribution in [1.29, 1.82) is 0 Å². The molecule has 2 aromatic heterocycles. The van der Waals surface area contributed by atoms with E-state index in [1.807, 2.05) is 0 Å². The molecule has 0 aliphatic heterocycles. The standard InChI is InChI=1S/C12H13N3O3/c1-8(16)11-10(15-7-3-6-13-15)5-4-9(14-11)12(17)18-2/h3-8,16H,1-2H3/t8-/m1/s1. The van der Waals surface area contributed by atoms with E-state index in [0.29, 0.717) is 11.4 Å². The maximum absolute atomic E-state index is 11.4. The molecule has 0 bridgehead atoms. The summed E-state index contributed by atoms with van der Waals surface area (Å²) in [5.41, 5.74) is 1.16. The predicted octanol–water partition coefficient (Wildman–Crippen LogP) is 1.11. The van der Waals surface area contributed by atoms with Crippen molar-refractivity contribution < 1.29 is 14.6 Å². The summed E-state index contributed by atoms with van der Waals surface area (Å²) in [4.78, 5) is 15.5. The monoisotopic (exact) mass is 247 g/mol. The first-order valence-electron chi connectivity index (χ1n) is 5.41. The molecule has 94 valence electrons. The van der Waals surface area contributed by atoms with Gasteiger partial charge in [0.05, 0.1) is 24.6 Å². The Morgan fingerprint density at radius 1 is 1.50 bits per heavy atom. The molecule has 1 atom stereocenters. The Labute approximate surface area is 104 Å². The first-order valence-corrected chi connectivity index (χ1v) is 5.41. The minimum atomic E-state index is -0.811. The molecule has 2 heterocycles. The highest BCUT2D eigenvalue weighted by Gasteiger charge is 2.16. The van der Waals surface area contributed by atoms with Gasteiger partial charge in [0, 0.05) is 12.4 Å². The molecular formula is C12H13N3O3. The number of methoxy groups -OCH3 is 1. The van der Waals surface area contributed by atoms with Gasteiger partial charge in [-0.2, -0.15) is 5.10 Å². The van der Waals surface area contributed by atoms with Crippen molar-refractivity contribution in [1.82, 2.24) is 14.8 Å². The van der Waals surface area contributed by atoms with Crippen molar-refractivity contribution >= 4 is 5.97 Å². The average Bonchev–Trinajstić information content (AvgIpc) is 2.90. The van der Waals surface area contributed by atoms with E-state index >= 15 is 0 Å². The number of rotatable bonds is 3. The molecule has 0 aliphatic carbocycles. The summed E-state index contributed by atoms with van der Waals surface area (Å²) in [6, 6.07) is 4.98. The number of aliphatic hydroxyl groups excluding tert-OH is 1. The van der Waals surface area contributed by atoms with Crippen LogP contribution in [0.15, 0.2) is 30.6 Å². The Bertz CT molecular complexity index is 550. The van der Waals surface area contributed by atoms with Crippen molar-refractivity contribution in [3.63, 3.8) is 0 Å². The van der Waals surface area contributed by atoms with Crippen molar-refractivity contribution in [2.24, 2.45) is 0 Å². The van der Waals surface area contributed by atoms with E-state index in [4.69, 9.17) is 0 Å². The molecule has 0 aliphatic rings. The molecule has 0 saturated heterocycles. The van der Waals surface area contributed by atoms with Crippen LogP contribution in [-0.2, 0) is 4.74 Å². The number of carbonyl (C=O) groups is 1. The van der Waals surface area contributed by atoms with Crippen LogP contribution in [0.4, 0.5) is 0 Å². The molecule has 0 aromatic carbocycles. The number of aliphatic hydroxyl groups is 1. The van der Waals surface area contributed by atoms with Gasteiger partial charge in [-0.15, -0.1) is 0 Å². The van der Waals surface area contributed by atoms with Gasteiger partial charge >= 0.3 is 5.97 Å². The van der Waals surface area contributed by atoms with Gasteiger partial charge in [0.15, 0.2) is 0 Å². The number of esters is 1. The Hall–Kier alpha value is -2.21. The van der Waals surface area contributed by atoms with E-state index in [1.165, 1.54) is 13.2 Å². The van der Waals surface area contributed by atoms with Crippen LogP contribution in [0.3, 0.4) is 0 Å². The Balaban J connectivity index is 2.52. The summed E-state index contributed by atoms with van der Waals surface area (Å²) in [6.45, 7) is 1.58. The van der Waals surface area contributed by atoms with Crippen LogP contribution in [0.25, 0.3) is 5.69 Å². The Morgan fingerprint density at radius 2 is 2.28 bits per heavy atom. The third kappa shape index (κ3) is 2.23. The van der Waals surface area contributed by atoms with Gasteiger partial charge in [-0.25, -0.2) is 14.5 Å². The van der Waals surface area contributed by atoms with Gasteiger partial charge in [-0.3, -0.25) is 0 Å². The lowest BCUT2D eigenvalue weighted by Gasteiger charge is -2.12. The van der Waals surface area contributed by atoms with E-state index in [2.05, 4.69) is 14.8 Å². The molecule has 0 unspecified atom stereocenters. The van der Waals surface area contributed by atoms with Gasteiger partial charge in [-0.1, -0.05) is 0 Å². The third-order valence-corrected chi connectivity index (χ3v) is 2.44. The van der Waals surface area contributed by atoms with Gasteiger partial charge in [0.25, 0.3) is 0 Å². The first-order chi connectivity index (χ1) is 8.63. The number of aromatic nitrogens is 3. The lowest BCUT2D eigenvalue weighted by atomic mass is 10.2. The van der Waals surface area contributed by atoms with Gasteiger partial charge in [0.1, 0.15) is 5.69 Å². The zero-order valence-electron chi connectivity index (χ0n) is 10.1. The quantitative estimate of drug-likeness (QED) is 0.822. The zero-order chi connectivity index (χ0) is 13.1. The zero-order valence-corrected chi connectivity index (χ0v) is 10.1. The SMILES string of the molecule is COC(=O)c1ccc(-n2cccn2)c([C@@H](C)O)n1. The highest BCUT2D eigenvalue weighted by Crippen LogP contribution is 2.19. The molecule has 1 N–H and O–H groups in total. The lowest BCUT2D eigenvalue weighted by molar-refractivity contribution is 0.0593. The minimum absolute atomic E-state index is 0.157. The van der Waals surface area contributed by atoms with Crippen molar-refractivity contribution in [3.8, 4) is 5.69 Å². The number of ether oxygens (including phenoxy) is 1. The van der Waals surface area contributed by atoms with Crippen LogP contribution < -0.4 is 0 Å². The van der Waals surface area contributed by atoms with E-state index in [0.717, 1.165) is 0 Å². The highest BCUT2D eigenvalue weighted by atomic mass is 16.5. The molecule has 6 heteroatoms. The van der Waals surface area contributed by atoms with Crippen LogP contribution in [0.2, 0.25) is 0 Å². The highest BCUT2D eigenvalue weighted by molar-refractivity contribution is 5.87. The maximum Gasteiger partial charge on any atom is 0.356 e. The lowest BCUT2D eigenvalue weighted by Crippen LogP contribution is -2.11. The summed E-state index contributed by atoms with van der Waals surface area (Å²) in [6.07, 6.45) is 2.55. The second-order valence-corrected chi connectivity index (χ2v) is 3.72. The number of pyridine rings is 1. The third-order valence-electron chi connectivity index (χ3n) is 2.44. The molecule has 6 nitrogen and oxygen atoms in total. The van der Waals surface area contributed by atoms with Crippen LogP contribution in [0.1, 0.15) is 29.2 Å². The maximum atomic E-state index is 11.4. The summed E-state index contributed by atoms with van der Waals surface area (Å²) >= 11 is 0. The summed E-state index contributed by atoms with van der Waals surface area (Å²) < 4.78 is 6.18. The normalized spacial score (nSPS) is 12.2. The Morgan fingerprint density at radius 3 is 2.83 bits per heavy atom. The molecule has 2 aromatic rings. The summed E-state index contributed by atoms with van der Waals surface area (Å²) in [5.74, 6) is -0.538. The van der Waals surface area contributed by atoms with Crippen molar-refractivity contribution in [2.75, 3.05) is 7.11 Å². The van der Waals surface area contributed by atoms with Crippen molar-refractivity contribution in [2.45, 2.75) is 13.0 Å². The largest absolute Gasteiger partial charge is 0.464 e. The minimum Gasteiger partial charge on any atom is -0.464 e. The number of nitrogens with zero attached hydrogens (tertiary/aromatic N) is 3. The second kappa shape index (κ2) is 4.97. The summed E-state index contributed by atoms with van der Waals surface area (Å²) in [7, 11) is 1.29. The van der Waals surface area contributed by atoms with E-state index in [9.17, 15) is 9.90 Å². The molecule has 0 amide bonds. The number of hydrogen-bond donors (Lipinski definition) is 1. The fourth-order valence-electron chi connectivity index (χ4n) is 1.60. The Kier molecular flexibility index (Phi) is 3.38. The van der Waals surface area contributed by atoms with Crippen LogP contribution in [-0.4, -0.2) is 33.0 Å².